The van der Waals surface area contributed by atoms with E-state index in [2.05, 4.69) is 32.4 Å². The molecule has 0 bridgehead atoms. The van der Waals surface area contributed by atoms with Crippen molar-refractivity contribution in [2.75, 3.05) is 0 Å². The van der Waals surface area contributed by atoms with Gasteiger partial charge in [-0.15, -0.1) is 0 Å². The number of hydrazine groups is 1. The van der Waals surface area contributed by atoms with Crippen LogP contribution >= 0.6 is 0 Å². The number of nitrogens with zero attached hydrogens (tertiary/aromatic N) is 5. The predicted octanol–water partition coefficient (Wildman–Crippen LogP) is 0.534. The van der Waals surface area contributed by atoms with Gasteiger partial charge in [0.1, 0.15) is 18.0 Å². The van der Waals surface area contributed by atoms with E-state index in [1.807, 2.05) is 17.7 Å². The van der Waals surface area contributed by atoms with Gasteiger partial charge in [0.05, 0.1) is 11.7 Å². The van der Waals surface area contributed by atoms with Crippen LogP contribution in [0.1, 0.15) is 36.7 Å². The van der Waals surface area contributed by atoms with E-state index in [9.17, 15) is 0 Å². The highest BCUT2D eigenvalue weighted by Gasteiger charge is 2.16. The average molecular weight is 261 g/mol. The first-order valence-corrected chi connectivity index (χ1v) is 6.37. The molecule has 0 saturated carbocycles. The zero-order valence-corrected chi connectivity index (χ0v) is 11.2. The van der Waals surface area contributed by atoms with E-state index in [-0.39, 0.29) is 6.04 Å². The molecule has 1 atom stereocenters. The van der Waals surface area contributed by atoms with Gasteiger partial charge in [-0.1, -0.05) is 6.92 Å². The molecule has 0 saturated heterocycles. The average Bonchev–Trinajstić information content (AvgIpc) is 2.84. The summed E-state index contributed by atoms with van der Waals surface area (Å²) in [6, 6.07) is 1.76. The molecule has 0 amide bonds. The van der Waals surface area contributed by atoms with Crippen LogP contribution in [0.2, 0.25) is 0 Å². The molecule has 0 aliphatic rings. The van der Waals surface area contributed by atoms with Gasteiger partial charge in [-0.2, -0.15) is 5.10 Å². The van der Waals surface area contributed by atoms with E-state index >= 15 is 0 Å². The Labute approximate surface area is 112 Å². The van der Waals surface area contributed by atoms with Crippen molar-refractivity contribution in [3.05, 3.63) is 35.9 Å². The highest BCUT2D eigenvalue weighted by Crippen LogP contribution is 2.14. The number of rotatable bonds is 6. The van der Waals surface area contributed by atoms with Crippen molar-refractivity contribution in [2.24, 2.45) is 5.84 Å². The van der Waals surface area contributed by atoms with Crippen molar-refractivity contribution >= 4 is 0 Å². The molecule has 7 nitrogen and oxygen atoms in total. The number of aryl methyl sites for hydroxylation is 2. The summed E-state index contributed by atoms with van der Waals surface area (Å²) in [5, 5.41) is 4.21. The van der Waals surface area contributed by atoms with Crippen molar-refractivity contribution < 1.29 is 0 Å². The molecule has 0 spiro atoms. The molecule has 0 aromatic carbocycles. The number of hydrogen-bond acceptors (Lipinski definition) is 6. The molecule has 0 radical (unpaired) electrons. The van der Waals surface area contributed by atoms with Gasteiger partial charge < -0.3 is 0 Å². The fourth-order valence-corrected chi connectivity index (χ4v) is 1.94. The molecule has 0 aliphatic heterocycles. The molecule has 2 aromatic heterocycles. The second kappa shape index (κ2) is 6.35. The lowest BCUT2D eigenvalue weighted by atomic mass is 10.1. The summed E-state index contributed by atoms with van der Waals surface area (Å²) in [5.41, 5.74) is 3.64. The van der Waals surface area contributed by atoms with Gasteiger partial charge in [-0.3, -0.25) is 16.0 Å². The minimum Gasteiger partial charge on any atom is -0.271 e. The molecular formula is C12H19N7. The van der Waals surface area contributed by atoms with Crippen molar-refractivity contribution in [1.82, 2.24) is 30.2 Å². The van der Waals surface area contributed by atoms with Gasteiger partial charge >= 0.3 is 0 Å². The third kappa shape index (κ3) is 3.33. The van der Waals surface area contributed by atoms with Crippen LogP contribution in [0.3, 0.4) is 0 Å². The molecule has 19 heavy (non-hydrogen) atoms. The molecule has 2 aromatic rings. The Morgan fingerprint density at radius 1 is 1.42 bits per heavy atom. The van der Waals surface area contributed by atoms with E-state index in [0.29, 0.717) is 6.42 Å². The van der Waals surface area contributed by atoms with Crippen LogP contribution in [0.15, 0.2) is 18.6 Å². The van der Waals surface area contributed by atoms with E-state index < -0.39 is 0 Å². The normalized spacial score (nSPS) is 12.6. The molecule has 2 rings (SSSR count). The summed E-state index contributed by atoms with van der Waals surface area (Å²) in [4.78, 5) is 12.8. The summed E-state index contributed by atoms with van der Waals surface area (Å²) >= 11 is 0. The second-order valence-corrected chi connectivity index (χ2v) is 4.35. The lowest BCUT2D eigenvalue weighted by molar-refractivity contribution is 0.490. The molecule has 7 heteroatoms. The van der Waals surface area contributed by atoms with Gasteiger partial charge in [0.2, 0.25) is 0 Å². The van der Waals surface area contributed by atoms with Gasteiger partial charge in [-0.05, 0) is 19.4 Å². The number of nitrogens with two attached hydrogens (primary N) is 1. The first kappa shape index (κ1) is 13.6. The largest absolute Gasteiger partial charge is 0.271 e. The van der Waals surface area contributed by atoms with E-state index in [1.54, 1.807) is 12.5 Å². The Morgan fingerprint density at radius 3 is 2.95 bits per heavy atom. The zero-order chi connectivity index (χ0) is 13.7. The lowest BCUT2D eigenvalue weighted by Crippen LogP contribution is -2.31. The van der Waals surface area contributed by atoms with Gasteiger partial charge in [0.15, 0.2) is 0 Å². The number of aromatic nitrogens is 5. The van der Waals surface area contributed by atoms with Crippen molar-refractivity contribution in [3.8, 4) is 0 Å². The molecule has 2 heterocycles. The monoisotopic (exact) mass is 261 g/mol. The highest BCUT2D eigenvalue weighted by atomic mass is 15.3. The van der Waals surface area contributed by atoms with Crippen LogP contribution in [0.4, 0.5) is 0 Å². The summed E-state index contributed by atoms with van der Waals surface area (Å²) in [6.07, 6.45) is 4.97. The van der Waals surface area contributed by atoms with E-state index in [1.165, 1.54) is 0 Å². The van der Waals surface area contributed by atoms with Gasteiger partial charge in [0.25, 0.3) is 0 Å². The maximum Gasteiger partial charge on any atom is 0.138 e. The maximum absolute atomic E-state index is 5.63. The smallest absolute Gasteiger partial charge is 0.138 e. The van der Waals surface area contributed by atoms with Crippen LogP contribution < -0.4 is 11.3 Å². The molecule has 3 N–H and O–H groups in total. The third-order valence-electron chi connectivity index (χ3n) is 2.87. The van der Waals surface area contributed by atoms with Gasteiger partial charge in [-0.25, -0.2) is 15.0 Å². The standard InChI is InChI=1S/C12H19N7/c1-3-6-19-12(15-8-16-19)7-11(18-13)10-4-5-14-9(2)17-10/h4-5,8,11,18H,3,6-7,13H2,1-2H3. The van der Waals surface area contributed by atoms with Crippen molar-refractivity contribution in [2.45, 2.75) is 39.3 Å². The van der Waals surface area contributed by atoms with E-state index in [4.69, 9.17) is 5.84 Å². The second-order valence-electron chi connectivity index (χ2n) is 4.35. The highest BCUT2D eigenvalue weighted by molar-refractivity contribution is 5.09. The van der Waals surface area contributed by atoms with Crippen LogP contribution in [-0.2, 0) is 13.0 Å². The number of hydrogen-bond donors (Lipinski definition) is 2. The quantitative estimate of drug-likeness (QED) is 0.582. The van der Waals surface area contributed by atoms with Crippen molar-refractivity contribution in [1.29, 1.82) is 0 Å². The SMILES string of the molecule is CCCn1ncnc1CC(NN)c1ccnc(C)n1. The Bertz CT molecular complexity index is 522. The summed E-state index contributed by atoms with van der Waals surface area (Å²) in [6.45, 7) is 4.82. The fourth-order valence-electron chi connectivity index (χ4n) is 1.94. The Balaban J connectivity index is 2.17. The molecule has 102 valence electrons. The van der Waals surface area contributed by atoms with Gasteiger partial charge in [0, 0.05) is 19.2 Å². The Morgan fingerprint density at radius 2 is 2.26 bits per heavy atom. The number of nitrogens with one attached hydrogen (secondary N) is 1. The first-order valence-electron chi connectivity index (χ1n) is 6.37. The molecule has 1 unspecified atom stereocenters. The predicted molar refractivity (Wildman–Crippen MR) is 70.9 cm³/mol. The van der Waals surface area contributed by atoms with Crippen LogP contribution in [0.5, 0.6) is 0 Å². The van der Waals surface area contributed by atoms with E-state index in [0.717, 1.165) is 30.3 Å². The topological polar surface area (TPSA) is 94.5 Å². The Kier molecular flexibility index (Phi) is 4.53. The third-order valence-corrected chi connectivity index (χ3v) is 2.87. The summed E-state index contributed by atoms with van der Waals surface area (Å²) in [5.74, 6) is 7.26. The minimum absolute atomic E-state index is 0.0958. The molecule has 0 fully saturated rings. The van der Waals surface area contributed by atoms with Crippen LogP contribution in [0, 0.1) is 6.92 Å². The lowest BCUT2D eigenvalue weighted by Gasteiger charge is -2.15. The molecular weight excluding hydrogens is 242 g/mol. The molecule has 0 aliphatic carbocycles. The minimum atomic E-state index is -0.0958. The fraction of sp³-hybridized carbons (Fsp3) is 0.500. The Hall–Kier alpha value is -1.86. The summed E-state index contributed by atoms with van der Waals surface area (Å²) < 4.78 is 1.90. The van der Waals surface area contributed by atoms with Crippen LogP contribution in [0.25, 0.3) is 0 Å². The van der Waals surface area contributed by atoms with Crippen LogP contribution in [-0.4, -0.2) is 24.7 Å². The first-order chi connectivity index (χ1) is 9.24. The van der Waals surface area contributed by atoms with Crippen molar-refractivity contribution in [3.63, 3.8) is 0 Å². The zero-order valence-electron chi connectivity index (χ0n) is 11.2. The maximum atomic E-state index is 5.63. The summed E-state index contributed by atoms with van der Waals surface area (Å²) in [7, 11) is 0.